The van der Waals surface area contributed by atoms with E-state index >= 15 is 0 Å². The van der Waals surface area contributed by atoms with Crippen LogP contribution in [0.1, 0.15) is 29.5 Å². The maximum absolute atomic E-state index is 10.2. The van der Waals surface area contributed by atoms with E-state index in [9.17, 15) is 5.11 Å². The third-order valence-electron chi connectivity index (χ3n) is 6.47. The minimum Gasteiger partial charge on any atom is -0.497 e. The number of aliphatic hydroxyl groups excluding tert-OH is 1. The third kappa shape index (κ3) is 5.34. The molecule has 0 spiro atoms. The Balaban J connectivity index is 0.00000306. The second kappa shape index (κ2) is 11.6. The van der Waals surface area contributed by atoms with Gasteiger partial charge in [-0.15, -0.1) is 0 Å². The van der Waals surface area contributed by atoms with Gasteiger partial charge in [0.25, 0.3) is 0 Å². The fourth-order valence-corrected chi connectivity index (χ4v) is 4.49. The van der Waals surface area contributed by atoms with Crippen molar-refractivity contribution < 1.29 is 52.0 Å². The maximum atomic E-state index is 10.2. The number of rotatable bonds is 8. The average molecular weight is 522 g/mol. The summed E-state index contributed by atoms with van der Waals surface area (Å²) in [7, 11) is 5.29. The molecule has 33 heavy (non-hydrogen) atoms. The van der Waals surface area contributed by atoms with Gasteiger partial charge in [0.05, 0.1) is 20.8 Å². The van der Waals surface area contributed by atoms with Crippen molar-refractivity contribution in [3.8, 4) is 11.5 Å². The Morgan fingerprint density at radius 1 is 0.788 bits per heavy atom. The zero-order chi connectivity index (χ0) is 22.6. The number of aliphatic hydroxyl groups is 1. The molecule has 5 nitrogen and oxygen atoms in total. The molecule has 1 radical (unpaired) electrons. The van der Waals surface area contributed by atoms with Crippen molar-refractivity contribution in [1.82, 2.24) is 4.90 Å². The van der Waals surface area contributed by atoms with E-state index in [1.807, 2.05) is 54.4 Å². The van der Waals surface area contributed by atoms with Gasteiger partial charge in [-0.2, -0.15) is 0 Å². The number of likely N-dealkylation sites (N-methyl/N-ethyl adjacent to an activating group) is 1. The van der Waals surface area contributed by atoms with E-state index in [0.29, 0.717) is 6.61 Å². The fraction of sp³-hybridized carbons (Fsp3) is 0.333. The molecule has 1 aliphatic heterocycles. The molecule has 1 aliphatic rings. The topological polar surface area (TPSA) is 51.2 Å². The minimum atomic E-state index is -0.825. The van der Waals surface area contributed by atoms with Gasteiger partial charge in [-0.3, -0.25) is 4.90 Å². The van der Waals surface area contributed by atoms with Crippen LogP contribution < -0.4 is 9.47 Å². The smallest absolute Gasteiger partial charge is 0.143 e. The van der Waals surface area contributed by atoms with Crippen LogP contribution in [0.15, 0.2) is 78.9 Å². The first-order valence-corrected chi connectivity index (χ1v) is 11.0. The molecule has 171 valence electrons. The van der Waals surface area contributed by atoms with Gasteiger partial charge in [-0.1, -0.05) is 54.6 Å². The zero-order valence-electron chi connectivity index (χ0n) is 19.5. The summed E-state index contributed by atoms with van der Waals surface area (Å²) in [5, 5.41) is 10.2. The van der Waals surface area contributed by atoms with Crippen LogP contribution in [0.4, 0.5) is 0 Å². The van der Waals surface area contributed by atoms with Crippen LogP contribution >= 0.6 is 0 Å². The summed E-state index contributed by atoms with van der Waals surface area (Å²) < 4.78 is 17.7. The van der Waals surface area contributed by atoms with Gasteiger partial charge in [-0.25, -0.2) is 0 Å². The van der Waals surface area contributed by atoms with Gasteiger partial charge in [0.1, 0.15) is 23.3 Å². The Hall–Kier alpha value is -1.76. The Bertz CT molecular complexity index is 947. The molecule has 1 fully saturated rings. The third-order valence-corrected chi connectivity index (χ3v) is 6.47. The van der Waals surface area contributed by atoms with Gasteiger partial charge in [0.15, 0.2) is 0 Å². The van der Waals surface area contributed by atoms with E-state index in [1.54, 1.807) is 14.2 Å². The molecular formula is C27H31NO4Y. The quantitative estimate of drug-likeness (QED) is 0.444. The van der Waals surface area contributed by atoms with Gasteiger partial charge >= 0.3 is 0 Å². The normalized spacial score (nSPS) is 18.5. The van der Waals surface area contributed by atoms with Crippen molar-refractivity contribution in [3.63, 3.8) is 0 Å². The summed E-state index contributed by atoms with van der Waals surface area (Å²) in [6.07, 6.45) is 1.23. The first-order chi connectivity index (χ1) is 15.6. The summed E-state index contributed by atoms with van der Waals surface area (Å²) in [6, 6.07) is 26.5. The van der Waals surface area contributed by atoms with Crippen molar-refractivity contribution in [3.05, 3.63) is 95.6 Å². The number of likely N-dealkylation sites (tertiary alicyclic amines) is 1. The Morgan fingerprint density at radius 3 is 1.70 bits per heavy atom. The number of benzene rings is 3. The largest absolute Gasteiger partial charge is 0.497 e. The van der Waals surface area contributed by atoms with Gasteiger partial charge in [-0.05, 0) is 60.8 Å². The molecule has 0 aromatic heterocycles. The molecule has 4 rings (SSSR count). The predicted octanol–water partition coefficient (Wildman–Crippen LogP) is 4.42. The Kier molecular flexibility index (Phi) is 9.08. The molecule has 6 heteroatoms. The first-order valence-electron chi connectivity index (χ1n) is 11.0. The number of nitrogens with zero attached hydrogens (tertiary/aromatic N) is 1. The van der Waals surface area contributed by atoms with E-state index in [2.05, 4.69) is 36.4 Å². The molecule has 0 bridgehead atoms. The second-order valence-electron chi connectivity index (χ2n) is 8.19. The van der Waals surface area contributed by atoms with Gasteiger partial charge < -0.3 is 19.3 Å². The molecule has 0 amide bonds. The van der Waals surface area contributed by atoms with E-state index in [0.717, 1.165) is 41.0 Å². The molecular weight excluding hydrogens is 491 g/mol. The monoisotopic (exact) mass is 522 g/mol. The summed E-state index contributed by atoms with van der Waals surface area (Å²) in [6.45, 7) is 0.487. The Labute approximate surface area is 221 Å². The maximum Gasteiger partial charge on any atom is 0.143 e. The summed E-state index contributed by atoms with van der Waals surface area (Å²) in [4.78, 5) is 2.00. The molecule has 3 aromatic rings. The van der Waals surface area contributed by atoms with Gasteiger partial charge in [0, 0.05) is 38.8 Å². The summed E-state index contributed by atoms with van der Waals surface area (Å²) in [5.41, 5.74) is 2.23. The van der Waals surface area contributed by atoms with Crippen LogP contribution in [0.25, 0.3) is 0 Å². The van der Waals surface area contributed by atoms with Crippen molar-refractivity contribution in [2.45, 2.75) is 30.7 Å². The molecule has 2 unspecified atom stereocenters. The van der Waals surface area contributed by atoms with Crippen molar-refractivity contribution in [2.75, 3.05) is 27.9 Å². The molecule has 1 heterocycles. The van der Waals surface area contributed by atoms with E-state index < -0.39 is 11.8 Å². The van der Waals surface area contributed by atoms with Crippen LogP contribution in [-0.2, 0) is 43.0 Å². The van der Waals surface area contributed by atoms with Crippen molar-refractivity contribution in [1.29, 1.82) is 0 Å². The second-order valence-corrected chi connectivity index (χ2v) is 8.19. The van der Waals surface area contributed by atoms with Crippen LogP contribution in [0.2, 0.25) is 0 Å². The van der Waals surface area contributed by atoms with E-state index in [-0.39, 0.29) is 38.8 Å². The van der Waals surface area contributed by atoms with E-state index in [1.165, 1.54) is 0 Å². The summed E-state index contributed by atoms with van der Waals surface area (Å²) >= 11 is 0. The molecule has 0 saturated carbocycles. The van der Waals surface area contributed by atoms with Crippen molar-refractivity contribution in [2.24, 2.45) is 0 Å². The minimum absolute atomic E-state index is 0. The average Bonchev–Trinajstić information content (AvgIpc) is 3.18. The van der Waals surface area contributed by atoms with Crippen LogP contribution in [0.3, 0.4) is 0 Å². The van der Waals surface area contributed by atoms with Crippen LogP contribution in [0, 0.1) is 0 Å². The first kappa shape index (κ1) is 25.9. The van der Waals surface area contributed by atoms with Crippen LogP contribution in [-0.4, -0.2) is 50.2 Å². The standard InChI is InChI=1S/C27H31NO4.Y/c1-28-23(13-18-26(28)29)19-32-27(20-7-5-4-6-8-20,21-9-14-24(30-2)15-10-21)22-11-16-25(31-3)17-12-22;/h4-12,14-17,23,26,29H,13,18-19H2,1-3H3;. The number of hydrogen-bond acceptors (Lipinski definition) is 5. The molecule has 2 atom stereocenters. The SMILES string of the molecule is COc1ccc(C(OCC2CCC(O)N2C)(c2ccccc2)c2ccc(OC)cc2)cc1.[Y]. The summed E-state index contributed by atoms with van der Waals surface area (Å²) in [5.74, 6) is 1.59. The predicted molar refractivity (Wildman–Crippen MR) is 125 cm³/mol. The number of hydrogen-bond donors (Lipinski definition) is 1. The Morgan fingerprint density at radius 2 is 1.27 bits per heavy atom. The number of methoxy groups -OCH3 is 2. The molecule has 1 saturated heterocycles. The van der Waals surface area contributed by atoms with Crippen LogP contribution in [0.5, 0.6) is 11.5 Å². The number of ether oxygens (including phenoxy) is 3. The van der Waals surface area contributed by atoms with E-state index in [4.69, 9.17) is 14.2 Å². The molecule has 0 aliphatic carbocycles. The zero-order valence-corrected chi connectivity index (χ0v) is 22.3. The molecule has 1 N–H and O–H groups in total. The van der Waals surface area contributed by atoms with Gasteiger partial charge in [0.2, 0.25) is 0 Å². The van der Waals surface area contributed by atoms with Crippen molar-refractivity contribution >= 4 is 0 Å². The fourth-order valence-electron chi connectivity index (χ4n) is 4.49. The molecule has 3 aromatic carbocycles.